The molecular formula is C29H34ClF3N3O5S-. The summed E-state index contributed by atoms with van der Waals surface area (Å²) in [7, 11) is -1.78. The first-order valence-corrected chi connectivity index (χ1v) is 15.8. The van der Waals surface area contributed by atoms with E-state index in [2.05, 4.69) is 4.90 Å². The van der Waals surface area contributed by atoms with Crippen LogP contribution in [-0.4, -0.2) is 78.6 Å². The van der Waals surface area contributed by atoms with Gasteiger partial charge in [-0.1, -0.05) is 17.7 Å². The number of nitrogens with zero attached hydrogens (tertiary/aromatic N) is 3. The van der Waals surface area contributed by atoms with Crippen LogP contribution < -0.4 is 0 Å². The van der Waals surface area contributed by atoms with Crippen LogP contribution >= 0.6 is 11.6 Å². The highest BCUT2D eigenvalue weighted by Crippen LogP contribution is 2.37. The van der Waals surface area contributed by atoms with E-state index in [1.54, 1.807) is 0 Å². The van der Waals surface area contributed by atoms with Gasteiger partial charge in [0.05, 0.1) is 16.2 Å². The maximum absolute atomic E-state index is 13.5. The van der Waals surface area contributed by atoms with Crippen molar-refractivity contribution in [3.8, 4) is 0 Å². The number of alkyl halides is 3. The molecule has 230 valence electrons. The largest absolute Gasteiger partial charge is 0.755 e. The number of carbonyl (C=O) groups is 2. The highest BCUT2D eigenvalue weighted by atomic mass is 35.5. The predicted octanol–water partition coefficient (Wildman–Crippen LogP) is 5.25. The van der Waals surface area contributed by atoms with Gasteiger partial charge in [0, 0.05) is 35.3 Å². The Bertz CT molecular complexity index is 1400. The molecule has 0 bridgehead atoms. The number of benzene rings is 2. The quantitative estimate of drug-likeness (QED) is 0.370. The Kier molecular flexibility index (Phi) is 9.61. The van der Waals surface area contributed by atoms with Crippen LogP contribution in [0, 0.1) is 11.1 Å². The van der Waals surface area contributed by atoms with E-state index in [0.29, 0.717) is 30.4 Å². The minimum atomic E-state index is -4.70. The SMILES string of the molecule is CC(C)N(C)[C@@H]1CC[C@H](N2CC[C@H](N([O-])C(=O)c3cccc(C(F)(F)F)c3)C2=O)[C@H](CS(=O)(=O)c2ccc(Cl)cc2)C1. The maximum Gasteiger partial charge on any atom is 0.416 e. The Morgan fingerprint density at radius 2 is 1.79 bits per heavy atom. The summed E-state index contributed by atoms with van der Waals surface area (Å²) in [5.41, 5.74) is -1.54. The molecule has 4 rings (SSSR count). The molecule has 2 aromatic carbocycles. The molecule has 0 unspecified atom stereocenters. The van der Waals surface area contributed by atoms with Gasteiger partial charge in [0.15, 0.2) is 9.84 Å². The molecule has 13 heteroatoms. The monoisotopic (exact) mass is 628 g/mol. The van der Waals surface area contributed by atoms with Crippen LogP contribution in [0.4, 0.5) is 13.2 Å². The molecule has 0 spiro atoms. The molecule has 1 aliphatic heterocycles. The highest BCUT2D eigenvalue weighted by molar-refractivity contribution is 7.91. The Balaban J connectivity index is 1.55. The number of halogens is 4. The number of sulfone groups is 1. The lowest BCUT2D eigenvalue weighted by atomic mass is 9.81. The Hall–Kier alpha value is -2.67. The summed E-state index contributed by atoms with van der Waals surface area (Å²) in [4.78, 5) is 30.2. The van der Waals surface area contributed by atoms with Gasteiger partial charge in [-0.3, -0.25) is 9.59 Å². The summed E-state index contributed by atoms with van der Waals surface area (Å²) in [5.74, 6) is -2.53. The van der Waals surface area contributed by atoms with E-state index in [0.717, 1.165) is 18.2 Å². The van der Waals surface area contributed by atoms with Crippen LogP contribution in [0.25, 0.3) is 0 Å². The van der Waals surface area contributed by atoms with E-state index in [4.69, 9.17) is 11.6 Å². The number of carbonyl (C=O) groups excluding carboxylic acids is 2. The fourth-order valence-corrected chi connectivity index (χ4v) is 7.75. The number of amides is 2. The first-order valence-electron chi connectivity index (χ1n) is 13.8. The van der Waals surface area contributed by atoms with Crippen LogP contribution in [0.5, 0.6) is 0 Å². The summed E-state index contributed by atoms with van der Waals surface area (Å²) in [5, 5.41) is 13.4. The van der Waals surface area contributed by atoms with Crippen LogP contribution in [0.15, 0.2) is 53.4 Å². The van der Waals surface area contributed by atoms with Gasteiger partial charge in [0.2, 0.25) is 11.8 Å². The van der Waals surface area contributed by atoms with Crippen molar-refractivity contribution in [3.63, 3.8) is 0 Å². The fourth-order valence-electron chi connectivity index (χ4n) is 5.95. The molecule has 42 heavy (non-hydrogen) atoms. The van der Waals surface area contributed by atoms with E-state index < -0.39 is 57.0 Å². The zero-order chi connectivity index (χ0) is 31.0. The van der Waals surface area contributed by atoms with E-state index >= 15 is 0 Å². The van der Waals surface area contributed by atoms with Crippen LogP contribution in [0.2, 0.25) is 5.02 Å². The van der Waals surface area contributed by atoms with E-state index in [9.17, 15) is 36.4 Å². The maximum atomic E-state index is 13.5. The number of likely N-dealkylation sites (tertiary alicyclic amines) is 1. The topological polar surface area (TPSA) is 101 Å². The summed E-state index contributed by atoms with van der Waals surface area (Å²) in [6.07, 6.45) is -2.99. The third kappa shape index (κ3) is 6.93. The normalized spacial score (nSPS) is 23.6. The molecule has 1 aliphatic carbocycles. The molecule has 2 fully saturated rings. The van der Waals surface area contributed by atoms with Crippen molar-refractivity contribution in [3.05, 3.63) is 69.9 Å². The Morgan fingerprint density at radius 3 is 2.40 bits per heavy atom. The second-order valence-corrected chi connectivity index (χ2v) is 13.8. The van der Waals surface area contributed by atoms with Crippen molar-refractivity contribution in [2.75, 3.05) is 19.3 Å². The smallest absolute Gasteiger partial charge is 0.416 e. The molecule has 8 nitrogen and oxygen atoms in total. The molecule has 0 N–H and O–H groups in total. The second kappa shape index (κ2) is 12.5. The van der Waals surface area contributed by atoms with Crippen LogP contribution in [0.3, 0.4) is 0 Å². The molecule has 0 aromatic heterocycles. The van der Waals surface area contributed by atoms with Crippen molar-refractivity contribution in [1.82, 2.24) is 14.9 Å². The lowest BCUT2D eigenvalue weighted by Gasteiger charge is -2.45. The molecule has 2 aliphatic rings. The minimum absolute atomic E-state index is 0.00445. The lowest BCUT2D eigenvalue weighted by molar-refractivity contribution is -0.137. The first kappa shape index (κ1) is 32.2. The van der Waals surface area contributed by atoms with Crippen molar-refractivity contribution < 1.29 is 31.2 Å². The first-order chi connectivity index (χ1) is 19.6. The van der Waals surface area contributed by atoms with Gasteiger partial charge in [0.25, 0.3) is 0 Å². The van der Waals surface area contributed by atoms with E-state index in [1.807, 2.05) is 20.9 Å². The molecule has 2 amide bonds. The molecule has 2 aromatic rings. The average Bonchev–Trinajstić information content (AvgIpc) is 3.32. The summed E-state index contributed by atoms with van der Waals surface area (Å²) < 4.78 is 66.3. The molecule has 1 saturated carbocycles. The Labute approximate surface area is 248 Å². The fraction of sp³-hybridized carbons (Fsp3) is 0.517. The van der Waals surface area contributed by atoms with Crippen molar-refractivity contribution >= 4 is 33.3 Å². The number of hydroxylamine groups is 2. The van der Waals surface area contributed by atoms with Crippen molar-refractivity contribution in [2.45, 2.75) is 74.8 Å². The van der Waals surface area contributed by atoms with Crippen LogP contribution in [-0.2, 0) is 20.8 Å². The second-order valence-electron chi connectivity index (χ2n) is 11.3. The van der Waals surface area contributed by atoms with Crippen LogP contribution in [0.1, 0.15) is 55.5 Å². The van der Waals surface area contributed by atoms with E-state index in [-0.39, 0.29) is 40.8 Å². The molecule has 1 saturated heterocycles. The van der Waals surface area contributed by atoms with Gasteiger partial charge >= 0.3 is 6.18 Å². The van der Waals surface area contributed by atoms with Crippen molar-refractivity contribution in [2.24, 2.45) is 5.92 Å². The number of hydrogen-bond acceptors (Lipinski definition) is 6. The van der Waals surface area contributed by atoms with Gasteiger partial charge < -0.3 is 20.1 Å². The molecule has 0 radical (unpaired) electrons. The molecule has 1 heterocycles. The lowest BCUT2D eigenvalue weighted by Crippen LogP contribution is -2.53. The summed E-state index contributed by atoms with van der Waals surface area (Å²) in [6, 6.07) is 7.81. The Morgan fingerprint density at radius 1 is 1.12 bits per heavy atom. The van der Waals surface area contributed by atoms with Gasteiger partial charge in [-0.15, -0.1) is 0 Å². The number of rotatable bonds is 8. The summed E-state index contributed by atoms with van der Waals surface area (Å²) in [6.45, 7) is 4.22. The third-order valence-electron chi connectivity index (χ3n) is 8.44. The molecular weight excluding hydrogens is 595 g/mol. The van der Waals surface area contributed by atoms with Gasteiger partial charge in [-0.2, -0.15) is 13.2 Å². The van der Waals surface area contributed by atoms with Crippen molar-refractivity contribution in [1.29, 1.82) is 0 Å². The molecule has 4 atom stereocenters. The standard InChI is InChI=1S/C29H34ClF3N3O5S/c1-18(2)34(3)23-9-12-25(20(16-23)17-42(40,41)24-10-7-22(30)8-11-24)35-14-13-26(28(35)38)36(39)27(37)19-5-4-6-21(15-19)29(31,32)33/h4-8,10-11,15,18,20,23,25-26H,9,12-14,16-17H2,1-3H3/q-1/t20-,23+,25-,26-/m0/s1. The van der Waals surface area contributed by atoms with Gasteiger partial charge in [0.1, 0.15) is 6.04 Å². The highest BCUT2D eigenvalue weighted by Gasteiger charge is 2.45. The zero-order valence-electron chi connectivity index (χ0n) is 23.6. The zero-order valence-corrected chi connectivity index (χ0v) is 25.1. The van der Waals surface area contributed by atoms with Gasteiger partial charge in [-0.25, -0.2) is 8.42 Å². The third-order valence-corrected chi connectivity index (χ3v) is 10.6. The van der Waals surface area contributed by atoms with E-state index in [1.165, 1.54) is 29.2 Å². The van der Waals surface area contributed by atoms with Gasteiger partial charge in [-0.05, 0) is 95.0 Å². The number of hydrogen-bond donors (Lipinski definition) is 0. The average molecular weight is 629 g/mol. The summed E-state index contributed by atoms with van der Waals surface area (Å²) >= 11 is 5.94. The predicted molar refractivity (Wildman–Crippen MR) is 152 cm³/mol. The minimum Gasteiger partial charge on any atom is -0.755 e.